The van der Waals surface area contributed by atoms with Crippen molar-refractivity contribution < 1.29 is 14.3 Å². The average molecular weight is 438 g/mol. The summed E-state index contributed by atoms with van der Waals surface area (Å²) in [5.41, 5.74) is 3.94. The van der Waals surface area contributed by atoms with Crippen molar-refractivity contribution in [3.63, 3.8) is 0 Å². The van der Waals surface area contributed by atoms with Crippen LogP contribution in [0.5, 0.6) is 0 Å². The van der Waals surface area contributed by atoms with Gasteiger partial charge in [-0.2, -0.15) is 0 Å². The molecule has 1 aliphatic heterocycles. The molecule has 3 aromatic rings. The van der Waals surface area contributed by atoms with Crippen molar-refractivity contribution in [2.24, 2.45) is 5.92 Å². The van der Waals surface area contributed by atoms with Crippen LogP contribution < -0.4 is 4.90 Å². The molecule has 0 spiro atoms. The van der Waals surface area contributed by atoms with Gasteiger partial charge in [0, 0.05) is 19.0 Å². The summed E-state index contributed by atoms with van der Waals surface area (Å²) in [5, 5.41) is 0.684. The Kier molecular flexibility index (Phi) is 6.23. The molecule has 0 atom stereocenters. The molecule has 4 rings (SSSR count). The fraction of sp³-hybridized carbons (Fsp3) is 0.375. The van der Waals surface area contributed by atoms with E-state index in [1.165, 1.54) is 11.3 Å². The minimum absolute atomic E-state index is 0.0348. The molecule has 2 aromatic carbocycles. The molecule has 0 saturated carbocycles. The van der Waals surface area contributed by atoms with E-state index >= 15 is 0 Å². The van der Waals surface area contributed by atoms with Gasteiger partial charge in [0.05, 0.1) is 22.5 Å². The van der Waals surface area contributed by atoms with Crippen LogP contribution >= 0.6 is 11.3 Å². The predicted octanol–water partition coefficient (Wildman–Crippen LogP) is 5.45. The van der Waals surface area contributed by atoms with E-state index in [9.17, 15) is 9.59 Å². The van der Waals surface area contributed by atoms with Crippen LogP contribution in [0.1, 0.15) is 30.9 Å². The van der Waals surface area contributed by atoms with Crippen molar-refractivity contribution in [2.45, 2.75) is 33.6 Å². The highest BCUT2D eigenvalue weighted by molar-refractivity contribution is 7.22. The normalized spacial score (nSPS) is 14.6. The summed E-state index contributed by atoms with van der Waals surface area (Å²) >= 11 is 1.53. The Hall–Kier alpha value is -2.93. The summed E-state index contributed by atoms with van der Waals surface area (Å²) in [6.07, 6.45) is 0.930. The molecular weight excluding hydrogens is 410 g/mol. The molecule has 1 aliphatic rings. The summed E-state index contributed by atoms with van der Waals surface area (Å²) in [4.78, 5) is 34.0. The Morgan fingerprint density at radius 2 is 1.81 bits per heavy atom. The molecule has 1 aromatic heterocycles. The molecule has 0 bridgehead atoms. The van der Waals surface area contributed by atoms with Gasteiger partial charge < -0.3 is 9.64 Å². The molecule has 0 unspecified atom stereocenters. The lowest BCUT2D eigenvalue weighted by atomic mass is 9.95. The molecule has 0 radical (unpaired) electrons. The van der Waals surface area contributed by atoms with Gasteiger partial charge in [-0.3, -0.25) is 9.69 Å². The van der Waals surface area contributed by atoms with Gasteiger partial charge in [0.15, 0.2) is 5.13 Å². The molecular formula is C24H27N3O3S. The summed E-state index contributed by atoms with van der Waals surface area (Å²) < 4.78 is 6.16. The average Bonchev–Trinajstić information content (AvgIpc) is 3.17. The molecule has 1 fully saturated rings. The van der Waals surface area contributed by atoms with Gasteiger partial charge in [-0.1, -0.05) is 29.5 Å². The number of aryl methyl sites for hydroxylation is 2. The second-order valence-electron chi connectivity index (χ2n) is 7.94. The number of piperidine rings is 1. The maximum atomic E-state index is 13.8. The molecule has 0 aliphatic carbocycles. The van der Waals surface area contributed by atoms with Crippen molar-refractivity contribution in [3.8, 4) is 0 Å². The minimum atomic E-state index is -0.300. The van der Waals surface area contributed by atoms with Gasteiger partial charge in [0.2, 0.25) is 5.91 Å². The summed E-state index contributed by atoms with van der Waals surface area (Å²) in [7, 11) is 0. The molecule has 0 N–H and O–H groups in total. The number of para-hydroxylation sites is 1. The van der Waals surface area contributed by atoms with E-state index in [2.05, 4.69) is 6.07 Å². The van der Waals surface area contributed by atoms with E-state index in [1.54, 1.807) is 16.7 Å². The van der Waals surface area contributed by atoms with Crippen LogP contribution in [0.2, 0.25) is 0 Å². The predicted molar refractivity (Wildman–Crippen MR) is 124 cm³/mol. The van der Waals surface area contributed by atoms with Gasteiger partial charge in [0.25, 0.3) is 0 Å². The lowest BCUT2D eigenvalue weighted by Gasteiger charge is -2.33. The number of hydrogen-bond donors (Lipinski definition) is 0. The van der Waals surface area contributed by atoms with Crippen LogP contribution in [0, 0.1) is 19.8 Å². The van der Waals surface area contributed by atoms with Crippen LogP contribution in [0.4, 0.5) is 15.6 Å². The molecule has 162 valence electrons. The van der Waals surface area contributed by atoms with Crippen LogP contribution in [0.3, 0.4) is 0 Å². The standard InChI is InChI=1S/C24H27N3O3S/c1-4-30-24(29)26-11-9-18(10-12-26)22(28)27(19-14-16(2)13-17(3)15-19)23-25-20-7-5-6-8-21(20)31-23/h5-8,13-15,18H,4,9-12H2,1-3H3. The van der Waals surface area contributed by atoms with Gasteiger partial charge in [0.1, 0.15) is 0 Å². The number of likely N-dealkylation sites (tertiary alicyclic amines) is 1. The Morgan fingerprint density at radius 1 is 1.13 bits per heavy atom. The number of ether oxygens (including phenoxy) is 1. The summed E-state index contributed by atoms with van der Waals surface area (Å²) in [5.74, 6) is -0.133. The molecule has 7 heteroatoms. The monoisotopic (exact) mass is 437 g/mol. The summed E-state index contributed by atoms with van der Waals surface area (Å²) in [6.45, 7) is 7.28. The quantitative estimate of drug-likeness (QED) is 0.545. The Bertz CT molecular complexity index is 1050. The van der Waals surface area contributed by atoms with Crippen molar-refractivity contribution in [1.29, 1.82) is 0 Å². The Balaban J connectivity index is 1.64. The minimum Gasteiger partial charge on any atom is -0.450 e. The van der Waals surface area contributed by atoms with Gasteiger partial charge >= 0.3 is 6.09 Å². The van der Waals surface area contributed by atoms with Crippen molar-refractivity contribution in [2.75, 3.05) is 24.6 Å². The number of amides is 2. The first-order valence-corrected chi connectivity index (χ1v) is 11.5. The molecule has 6 nitrogen and oxygen atoms in total. The van der Waals surface area contributed by atoms with Gasteiger partial charge in [-0.15, -0.1) is 0 Å². The topological polar surface area (TPSA) is 62.7 Å². The highest BCUT2D eigenvalue weighted by atomic mass is 32.1. The number of benzene rings is 2. The molecule has 31 heavy (non-hydrogen) atoms. The fourth-order valence-electron chi connectivity index (χ4n) is 4.07. The number of nitrogens with zero attached hydrogens (tertiary/aromatic N) is 3. The zero-order chi connectivity index (χ0) is 22.0. The fourth-order valence-corrected chi connectivity index (χ4v) is 5.07. The number of thiazole rings is 1. The third kappa shape index (κ3) is 4.56. The van der Waals surface area contributed by atoms with E-state index in [4.69, 9.17) is 9.72 Å². The van der Waals surface area contributed by atoms with E-state index in [0.717, 1.165) is 27.0 Å². The lowest BCUT2D eigenvalue weighted by Crippen LogP contribution is -2.43. The third-order valence-electron chi connectivity index (χ3n) is 5.53. The van der Waals surface area contributed by atoms with Crippen LogP contribution in [-0.2, 0) is 9.53 Å². The van der Waals surface area contributed by atoms with Crippen molar-refractivity contribution >= 4 is 44.4 Å². The zero-order valence-electron chi connectivity index (χ0n) is 18.1. The Morgan fingerprint density at radius 3 is 2.45 bits per heavy atom. The molecule has 2 heterocycles. The number of hydrogen-bond acceptors (Lipinski definition) is 5. The van der Waals surface area contributed by atoms with Crippen molar-refractivity contribution in [3.05, 3.63) is 53.6 Å². The van der Waals surface area contributed by atoms with E-state index in [-0.39, 0.29) is 17.9 Å². The van der Waals surface area contributed by atoms with Gasteiger partial charge in [-0.25, -0.2) is 9.78 Å². The lowest BCUT2D eigenvalue weighted by molar-refractivity contribution is -0.123. The number of carbonyl (C=O) groups excluding carboxylic acids is 2. The maximum Gasteiger partial charge on any atom is 0.409 e. The first-order valence-electron chi connectivity index (χ1n) is 10.7. The maximum absolute atomic E-state index is 13.8. The van der Waals surface area contributed by atoms with E-state index < -0.39 is 0 Å². The third-order valence-corrected chi connectivity index (χ3v) is 6.55. The first-order chi connectivity index (χ1) is 15.0. The SMILES string of the molecule is CCOC(=O)N1CCC(C(=O)N(c2cc(C)cc(C)c2)c2nc3ccccc3s2)CC1. The Labute approximate surface area is 186 Å². The van der Waals surface area contributed by atoms with Crippen LogP contribution in [-0.4, -0.2) is 41.6 Å². The zero-order valence-corrected chi connectivity index (χ0v) is 18.9. The number of rotatable bonds is 4. The first kappa shape index (κ1) is 21.3. The van der Waals surface area contributed by atoms with Gasteiger partial charge in [-0.05, 0) is 69.0 Å². The summed E-state index contributed by atoms with van der Waals surface area (Å²) in [6, 6.07) is 14.1. The van der Waals surface area contributed by atoms with Crippen molar-refractivity contribution in [1.82, 2.24) is 9.88 Å². The highest BCUT2D eigenvalue weighted by Crippen LogP contribution is 2.36. The molecule has 1 saturated heterocycles. The van der Waals surface area contributed by atoms with E-state index in [0.29, 0.717) is 37.7 Å². The number of fused-ring (bicyclic) bond motifs is 1. The second-order valence-corrected chi connectivity index (χ2v) is 8.95. The second kappa shape index (κ2) is 9.06. The number of aromatic nitrogens is 1. The smallest absolute Gasteiger partial charge is 0.409 e. The molecule has 2 amide bonds. The van der Waals surface area contributed by atoms with Crippen LogP contribution in [0.15, 0.2) is 42.5 Å². The number of carbonyl (C=O) groups is 2. The largest absolute Gasteiger partial charge is 0.450 e. The number of anilines is 2. The highest BCUT2D eigenvalue weighted by Gasteiger charge is 2.33. The van der Waals surface area contributed by atoms with Crippen LogP contribution in [0.25, 0.3) is 10.2 Å². The van der Waals surface area contributed by atoms with E-state index in [1.807, 2.05) is 50.2 Å².